The summed E-state index contributed by atoms with van der Waals surface area (Å²) in [6.45, 7) is 0. The van der Waals surface area contributed by atoms with E-state index in [1.807, 2.05) is 12.1 Å². The van der Waals surface area contributed by atoms with Crippen molar-refractivity contribution in [2.45, 2.75) is 0 Å². The average Bonchev–Trinajstić information content (AvgIpc) is 3.76. The molecule has 0 atom stereocenters. The number of benzene rings is 7. The maximum absolute atomic E-state index is 6.05. The molecule has 4 aromatic heterocycles. The Morgan fingerprint density at radius 3 is 1.63 bits per heavy atom. The topological polar surface area (TPSA) is 43.9 Å². The van der Waals surface area contributed by atoms with Gasteiger partial charge in [-0.15, -0.1) is 0 Å². The summed E-state index contributed by atoms with van der Waals surface area (Å²) in [6.07, 6.45) is 0. The summed E-state index contributed by atoms with van der Waals surface area (Å²) < 4.78 is 8.40. The van der Waals surface area contributed by atoms with Gasteiger partial charge in [-0.25, -0.2) is 9.97 Å². The third-order valence-electron chi connectivity index (χ3n) is 10.4. The predicted octanol–water partition coefficient (Wildman–Crippen LogP) is 12.8. The Hall–Kier alpha value is -7.04. The summed E-state index contributed by atoms with van der Waals surface area (Å²) >= 11 is 0. The van der Waals surface area contributed by atoms with E-state index in [2.05, 4.69) is 168 Å². The molecule has 0 unspecified atom stereocenters. The number of para-hydroxylation sites is 3. The van der Waals surface area contributed by atoms with Gasteiger partial charge in [0.15, 0.2) is 0 Å². The lowest BCUT2D eigenvalue weighted by molar-refractivity contribution is 0.669. The third-order valence-corrected chi connectivity index (χ3v) is 10.4. The molecule has 0 saturated carbocycles. The summed E-state index contributed by atoms with van der Waals surface area (Å²) in [5.74, 6) is 0. The normalized spacial score (nSPS) is 11.8. The van der Waals surface area contributed by atoms with Crippen LogP contribution in [0.5, 0.6) is 0 Å². The third kappa shape index (κ3) is 4.48. The van der Waals surface area contributed by atoms with Gasteiger partial charge in [0.1, 0.15) is 11.2 Å². The van der Waals surface area contributed by atoms with Gasteiger partial charge in [0, 0.05) is 49.1 Å². The van der Waals surface area contributed by atoms with Gasteiger partial charge in [0.05, 0.1) is 33.5 Å². The van der Waals surface area contributed by atoms with Gasteiger partial charge in [0.25, 0.3) is 0 Å². The summed E-state index contributed by atoms with van der Waals surface area (Å²) in [7, 11) is 0. The molecule has 0 bridgehead atoms. The molecule has 0 N–H and O–H groups in total. The lowest BCUT2D eigenvalue weighted by Crippen LogP contribution is -1.95. The molecular weight excluding hydrogens is 635 g/mol. The molecule has 0 saturated heterocycles. The molecule has 0 aliphatic carbocycles. The van der Waals surface area contributed by atoms with E-state index in [1.54, 1.807) is 0 Å². The second-order valence-electron chi connectivity index (χ2n) is 13.4. The van der Waals surface area contributed by atoms with Crippen LogP contribution in [0.15, 0.2) is 180 Å². The number of hydrogen-bond donors (Lipinski definition) is 0. The van der Waals surface area contributed by atoms with E-state index in [4.69, 9.17) is 14.4 Å². The zero-order valence-corrected chi connectivity index (χ0v) is 28.0. The van der Waals surface area contributed by atoms with Gasteiger partial charge in [-0.1, -0.05) is 121 Å². The number of nitrogens with zero attached hydrogens (tertiary/aromatic N) is 3. The van der Waals surface area contributed by atoms with Crippen LogP contribution in [-0.4, -0.2) is 14.5 Å². The van der Waals surface area contributed by atoms with Crippen LogP contribution in [0.3, 0.4) is 0 Å². The molecule has 11 rings (SSSR count). The Bertz CT molecular complexity index is 3130. The van der Waals surface area contributed by atoms with Gasteiger partial charge in [0.2, 0.25) is 0 Å². The Kier molecular flexibility index (Phi) is 6.22. The molecule has 0 radical (unpaired) electrons. The van der Waals surface area contributed by atoms with Gasteiger partial charge < -0.3 is 8.98 Å². The van der Waals surface area contributed by atoms with Crippen molar-refractivity contribution in [3.63, 3.8) is 0 Å². The van der Waals surface area contributed by atoms with Crippen LogP contribution < -0.4 is 0 Å². The van der Waals surface area contributed by atoms with E-state index in [0.29, 0.717) is 0 Å². The van der Waals surface area contributed by atoms with Crippen LogP contribution in [0.25, 0.3) is 105 Å². The average molecular weight is 664 g/mol. The summed E-state index contributed by atoms with van der Waals surface area (Å²) in [6, 6.07) is 62.0. The summed E-state index contributed by atoms with van der Waals surface area (Å²) in [5.41, 5.74) is 13.4. The van der Waals surface area contributed by atoms with Crippen molar-refractivity contribution in [3.05, 3.63) is 176 Å². The molecule has 242 valence electrons. The molecule has 7 aromatic carbocycles. The zero-order chi connectivity index (χ0) is 34.2. The molecular formula is C48H29N3O. The molecule has 4 heterocycles. The smallest absolute Gasteiger partial charge is 0.135 e. The van der Waals surface area contributed by atoms with Crippen molar-refractivity contribution >= 4 is 65.6 Å². The molecule has 0 amide bonds. The van der Waals surface area contributed by atoms with Crippen molar-refractivity contribution in [1.29, 1.82) is 0 Å². The SMILES string of the molecule is c1cc(-c2ccc3ccc4ccc(-c5ccc(-c6ccc7oc8ccccc8c7c6)cc5)nc4c3n2)cc(-n2c3ccccc3c3ccccc32)c1. The van der Waals surface area contributed by atoms with E-state index in [0.717, 1.165) is 83.1 Å². The van der Waals surface area contributed by atoms with Crippen LogP contribution in [0.4, 0.5) is 0 Å². The Morgan fingerprint density at radius 1 is 0.365 bits per heavy atom. The van der Waals surface area contributed by atoms with Crippen molar-refractivity contribution < 1.29 is 4.42 Å². The number of rotatable bonds is 4. The second kappa shape index (κ2) is 11.2. The first-order valence-electron chi connectivity index (χ1n) is 17.6. The highest BCUT2D eigenvalue weighted by atomic mass is 16.3. The van der Waals surface area contributed by atoms with Gasteiger partial charge in [-0.05, 0) is 65.7 Å². The molecule has 4 nitrogen and oxygen atoms in total. The Labute approximate surface area is 298 Å². The maximum atomic E-state index is 6.05. The van der Waals surface area contributed by atoms with Gasteiger partial charge >= 0.3 is 0 Å². The highest BCUT2D eigenvalue weighted by Gasteiger charge is 2.14. The zero-order valence-electron chi connectivity index (χ0n) is 28.0. The number of hydrogen-bond acceptors (Lipinski definition) is 3. The molecule has 0 aliphatic rings. The summed E-state index contributed by atoms with van der Waals surface area (Å²) in [5, 5.41) is 6.90. The first-order valence-corrected chi connectivity index (χ1v) is 17.6. The van der Waals surface area contributed by atoms with Gasteiger partial charge in [-0.3, -0.25) is 0 Å². The number of aromatic nitrogens is 3. The fraction of sp³-hybridized carbons (Fsp3) is 0. The molecule has 0 aliphatic heterocycles. The fourth-order valence-corrected chi connectivity index (χ4v) is 7.83. The van der Waals surface area contributed by atoms with Crippen molar-refractivity contribution in [2.75, 3.05) is 0 Å². The maximum Gasteiger partial charge on any atom is 0.135 e. The van der Waals surface area contributed by atoms with E-state index in [1.165, 1.54) is 21.8 Å². The van der Waals surface area contributed by atoms with E-state index < -0.39 is 0 Å². The van der Waals surface area contributed by atoms with Crippen LogP contribution in [0.2, 0.25) is 0 Å². The Balaban J connectivity index is 0.977. The Morgan fingerprint density at radius 2 is 0.923 bits per heavy atom. The second-order valence-corrected chi connectivity index (χ2v) is 13.4. The van der Waals surface area contributed by atoms with Crippen LogP contribution in [0.1, 0.15) is 0 Å². The minimum Gasteiger partial charge on any atom is -0.456 e. The molecule has 11 aromatic rings. The minimum atomic E-state index is 0.899. The molecule has 52 heavy (non-hydrogen) atoms. The largest absolute Gasteiger partial charge is 0.456 e. The lowest BCUT2D eigenvalue weighted by Gasteiger charge is -2.11. The highest BCUT2D eigenvalue weighted by molar-refractivity contribution is 6.10. The van der Waals surface area contributed by atoms with Crippen LogP contribution >= 0.6 is 0 Å². The first kappa shape index (κ1) is 28.8. The minimum absolute atomic E-state index is 0.899. The van der Waals surface area contributed by atoms with Crippen molar-refractivity contribution in [2.24, 2.45) is 0 Å². The number of pyridine rings is 2. The molecule has 0 spiro atoms. The van der Waals surface area contributed by atoms with Crippen molar-refractivity contribution in [1.82, 2.24) is 14.5 Å². The van der Waals surface area contributed by atoms with E-state index in [9.17, 15) is 0 Å². The van der Waals surface area contributed by atoms with Gasteiger partial charge in [-0.2, -0.15) is 0 Å². The van der Waals surface area contributed by atoms with Crippen molar-refractivity contribution in [3.8, 4) is 39.3 Å². The quantitative estimate of drug-likeness (QED) is 0.176. The van der Waals surface area contributed by atoms with E-state index >= 15 is 0 Å². The molecule has 0 fully saturated rings. The van der Waals surface area contributed by atoms with E-state index in [-0.39, 0.29) is 0 Å². The number of fused-ring (bicyclic) bond motifs is 9. The van der Waals surface area contributed by atoms with Crippen LogP contribution in [-0.2, 0) is 0 Å². The lowest BCUT2D eigenvalue weighted by atomic mass is 10.00. The number of furan rings is 1. The first-order chi connectivity index (χ1) is 25.7. The highest BCUT2D eigenvalue weighted by Crippen LogP contribution is 2.36. The van der Waals surface area contributed by atoms with Crippen LogP contribution in [0, 0.1) is 0 Å². The standard InChI is InChI=1S/C48H29N3O/c1-4-13-43-37(10-1)38-11-2-5-14-44(38)51(43)36-9-7-8-35(28-36)42-26-23-33-21-20-32-22-25-41(49-47(32)48(33)50-42)31-18-16-30(17-19-31)34-24-27-46-40(29-34)39-12-3-6-15-45(39)52-46/h1-29H. The predicted molar refractivity (Wildman–Crippen MR) is 215 cm³/mol. The monoisotopic (exact) mass is 663 g/mol. The fourth-order valence-electron chi connectivity index (χ4n) is 7.83. The summed E-state index contributed by atoms with van der Waals surface area (Å²) in [4.78, 5) is 10.5. The molecule has 4 heteroatoms.